The van der Waals surface area contributed by atoms with Gasteiger partial charge < -0.3 is 15.5 Å². The minimum atomic E-state index is 0.615. The largest absolute Gasteiger partial charge is 0.375 e. The van der Waals surface area contributed by atoms with Gasteiger partial charge in [0.05, 0.1) is 0 Å². The van der Waals surface area contributed by atoms with Gasteiger partial charge in [-0.25, -0.2) is 0 Å². The Labute approximate surface area is 122 Å². The molecule has 0 amide bonds. The van der Waals surface area contributed by atoms with Crippen LogP contribution in [0.15, 0.2) is 30.3 Å². The predicted octanol–water partition coefficient (Wildman–Crippen LogP) is 2.63. The molecule has 106 valence electrons. The number of nitrogens with zero attached hydrogens (tertiary/aromatic N) is 1. The number of para-hydroxylation sites is 1. The first-order valence-electron chi connectivity index (χ1n) is 6.87. The Balaban J connectivity index is 2.12. The van der Waals surface area contributed by atoms with E-state index in [-0.39, 0.29) is 0 Å². The third kappa shape index (κ3) is 7.01. The van der Waals surface area contributed by atoms with Crippen LogP contribution in [-0.4, -0.2) is 31.8 Å². The smallest absolute Gasteiger partial charge is 0.166 e. The third-order valence-corrected chi connectivity index (χ3v) is 3.11. The summed E-state index contributed by atoms with van der Waals surface area (Å²) in [4.78, 5) is 2.26. The Morgan fingerprint density at radius 3 is 2.53 bits per heavy atom. The molecule has 0 saturated heterocycles. The van der Waals surface area contributed by atoms with Gasteiger partial charge in [0.1, 0.15) is 0 Å². The number of thiocarbonyl (C=S) groups is 1. The average molecular weight is 279 g/mol. The second-order valence-corrected chi connectivity index (χ2v) is 5.55. The Hall–Kier alpha value is -1.29. The standard InChI is InChI=1S/C15H25N3S/c1-13(2)12-17-15(19)16-10-7-11-18(3)14-8-5-4-6-9-14/h4-6,8-9,13H,7,10-12H2,1-3H3,(H2,16,17,19). The molecule has 2 N–H and O–H groups in total. The molecule has 0 atom stereocenters. The van der Waals surface area contributed by atoms with Gasteiger partial charge in [-0.3, -0.25) is 0 Å². The van der Waals surface area contributed by atoms with Crippen molar-refractivity contribution in [1.29, 1.82) is 0 Å². The fraction of sp³-hybridized carbons (Fsp3) is 0.533. The Morgan fingerprint density at radius 2 is 1.89 bits per heavy atom. The maximum absolute atomic E-state index is 5.21. The van der Waals surface area contributed by atoms with Crippen LogP contribution >= 0.6 is 12.2 Å². The van der Waals surface area contributed by atoms with Crippen molar-refractivity contribution in [2.24, 2.45) is 5.92 Å². The summed E-state index contributed by atoms with van der Waals surface area (Å²) in [6.07, 6.45) is 1.06. The molecule has 0 aliphatic heterocycles. The van der Waals surface area contributed by atoms with E-state index in [4.69, 9.17) is 12.2 Å². The lowest BCUT2D eigenvalue weighted by molar-refractivity contribution is 0.617. The van der Waals surface area contributed by atoms with E-state index >= 15 is 0 Å². The Bertz CT molecular complexity index is 365. The molecule has 1 aromatic carbocycles. The van der Waals surface area contributed by atoms with Gasteiger partial charge in [0.15, 0.2) is 5.11 Å². The maximum Gasteiger partial charge on any atom is 0.166 e. The van der Waals surface area contributed by atoms with E-state index < -0.39 is 0 Å². The second kappa shape index (κ2) is 8.75. The summed E-state index contributed by atoms with van der Waals surface area (Å²) in [6.45, 7) is 7.19. The number of hydrogen-bond acceptors (Lipinski definition) is 2. The molecule has 0 aliphatic carbocycles. The first-order valence-corrected chi connectivity index (χ1v) is 7.28. The molecule has 0 heterocycles. The van der Waals surface area contributed by atoms with Gasteiger partial charge >= 0.3 is 0 Å². The summed E-state index contributed by atoms with van der Waals surface area (Å²) >= 11 is 5.21. The number of nitrogens with one attached hydrogen (secondary N) is 2. The van der Waals surface area contributed by atoms with Crippen LogP contribution in [0.5, 0.6) is 0 Å². The Morgan fingerprint density at radius 1 is 1.21 bits per heavy atom. The Kier molecular flexibility index (Phi) is 7.26. The molecule has 3 nitrogen and oxygen atoms in total. The number of benzene rings is 1. The quantitative estimate of drug-likeness (QED) is 0.593. The monoisotopic (exact) mass is 279 g/mol. The van der Waals surface area contributed by atoms with Crippen LogP contribution in [0.4, 0.5) is 5.69 Å². The van der Waals surface area contributed by atoms with E-state index in [1.54, 1.807) is 0 Å². The SMILES string of the molecule is CC(C)CNC(=S)NCCCN(C)c1ccccc1. The zero-order valence-corrected chi connectivity index (χ0v) is 13.0. The molecule has 1 rings (SSSR count). The summed E-state index contributed by atoms with van der Waals surface area (Å²) in [5.74, 6) is 0.615. The molecule has 0 radical (unpaired) electrons. The van der Waals surface area contributed by atoms with Crippen molar-refractivity contribution in [2.75, 3.05) is 31.6 Å². The zero-order valence-electron chi connectivity index (χ0n) is 12.1. The van der Waals surface area contributed by atoms with Crippen LogP contribution in [0.1, 0.15) is 20.3 Å². The van der Waals surface area contributed by atoms with E-state index in [9.17, 15) is 0 Å². The number of hydrogen-bond donors (Lipinski definition) is 2. The van der Waals surface area contributed by atoms with Crippen molar-refractivity contribution >= 4 is 23.0 Å². The van der Waals surface area contributed by atoms with E-state index in [1.165, 1.54) is 5.69 Å². The number of anilines is 1. The first-order chi connectivity index (χ1) is 9.09. The van der Waals surface area contributed by atoms with Crippen molar-refractivity contribution < 1.29 is 0 Å². The van der Waals surface area contributed by atoms with E-state index in [2.05, 4.69) is 60.7 Å². The van der Waals surface area contributed by atoms with Crippen molar-refractivity contribution in [3.63, 3.8) is 0 Å². The fourth-order valence-electron chi connectivity index (χ4n) is 1.69. The molecule has 0 spiro atoms. The van der Waals surface area contributed by atoms with Crippen molar-refractivity contribution in [1.82, 2.24) is 10.6 Å². The van der Waals surface area contributed by atoms with Gasteiger partial charge in [0, 0.05) is 32.4 Å². The minimum Gasteiger partial charge on any atom is -0.375 e. The van der Waals surface area contributed by atoms with Crippen LogP contribution in [-0.2, 0) is 0 Å². The van der Waals surface area contributed by atoms with Crippen LogP contribution < -0.4 is 15.5 Å². The molecule has 0 saturated carbocycles. The summed E-state index contributed by atoms with van der Waals surface area (Å²) in [7, 11) is 2.12. The van der Waals surface area contributed by atoms with Gasteiger partial charge in [-0.05, 0) is 36.7 Å². The molecule has 0 aliphatic rings. The summed E-state index contributed by atoms with van der Waals surface area (Å²) in [5.41, 5.74) is 1.25. The lowest BCUT2D eigenvalue weighted by Gasteiger charge is -2.19. The van der Waals surface area contributed by atoms with Gasteiger partial charge in [-0.1, -0.05) is 32.0 Å². The van der Waals surface area contributed by atoms with Gasteiger partial charge in [0.2, 0.25) is 0 Å². The maximum atomic E-state index is 5.21. The lowest BCUT2D eigenvalue weighted by atomic mass is 10.2. The van der Waals surface area contributed by atoms with Crippen molar-refractivity contribution in [2.45, 2.75) is 20.3 Å². The molecular weight excluding hydrogens is 254 g/mol. The normalized spacial score (nSPS) is 10.3. The predicted molar refractivity (Wildman–Crippen MR) is 87.8 cm³/mol. The fourth-order valence-corrected chi connectivity index (χ4v) is 1.87. The minimum absolute atomic E-state index is 0.615. The topological polar surface area (TPSA) is 27.3 Å². The highest BCUT2D eigenvalue weighted by Gasteiger charge is 2.00. The molecule has 0 fully saturated rings. The molecule has 1 aromatic rings. The second-order valence-electron chi connectivity index (χ2n) is 5.14. The van der Waals surface area contributed by atoms with Crippen LogP contribution in [0.3, 0.4) is 0 Å². The van der Waals surface area contributed by atoms with Gasteiger partial charge in [0.25, 0.3) is 0 Å². The highest BCUT2D eigenvalue weighted by Crippen LogP contribution is 2.10. The van der Waals surface area contributed by atoms with E-state index in [1.807, 2.05) is 6.07 Å². The van der Waals surface area contributed by atoms with Crippen LogP contribution in [0.2, 0.25) is 0 Å². The van der Waals surface area contributed by atoms with Gasteiger partial charge in [-0.2, -0.15) is 0 Å². The average Bonchev–Trinajstić information content (AvgIpc) is 2.42. The molecule has 4 heteroatoms. The molecule has 0 unspecified atom stereocenters. The highest BCUT2D eigenvalue weighted by atomic mass is 32.1. The van der Waals surface area contributed by atoms with Crippen LogP contribution in [0, 0.1) is 5.92 Å². The first kappa shape index (κ1) is 15.8. The summed E-state index contributed by atoms with van der Waals surface area (Å²) < 4.78 is 0. The van der Waals surface area contributed by atoms with Crippen LogP contribution in [0.25, 0.3) is 0 Å². The third-order valence-electron chi connectivity index (χ3n) is 2.82. The molecule has 0 aromatic heterocycles. The number of rotatable bonds is 7. The van der Waals surface area contributed by atoms with E-state index in [0.29, 0.717) is 5.92 Å². The lowest BCUT2D eigenvalue weighted by Crippen LogP contribution is -2.38. The molecular formula is C15H25N3S. The van der Waals surface area contributed by atoms with Crippen molar-refractivity contribution in [3.8, 4) is 0 Å². The molecule has 19 heavy (non-hydrogen) atoms. The highest BCUT2D eigenvalue weighted by molar-refractivity contribution is 7.80. The summed E-state index contributed by atoms with van der Waals surface area (Å²) in [6, 6.07) is 10.4. The zero-order chi connectivity index (χ0) is 14.1. The summed E-state index contributed by atoms with van der Waals surface area (Å²) in [5, 5.41) is 7.21. The van der Waals surface area contributed by atoms with Crippen molar-refractivity contribution in [3.05, 3.63) is 30.3 Å². The van der Waals surface area contributed by atoms with Gasteiger partial charge in [-0.15, -0.1) is 0 Å². The molecule has 0 bridgehead atoms. The van der Waals surface area contributed by atoms with E-state index in [0.717, 1.165) is 31.2 Å².